The van der Waals surface area contributed by atoms with Gasteiger partial charge in [-0.15, -0.1) is 0 Å². The van der Waals surface area contributed by atoms with Gasteiger partial charge in [0.25, 0.3) is 0 Å². The van der Waals surface area contributed by atoms with Crippen LogP contribution in [0.15, 0.2) is 42.7 Å². The number of nitrogens with zero attached hydrogens (tertiary/aromatic N) is 3. The van der Waals surface area contributed by atoms with Crippen molar-refractivity contribution in [2.75, 3.05) is 5.32 Å². The monoisotopic (exact) mass is 244 g/mol. The lowest BCUT2D eigenvalue weighted by Gasteiger charge is -2.13. The summed E-state index contributed by atoms with van der Waals surface area (Å²) >= 11 is 0. The van der Waals surface area contributed by atoms with Gasteiger partial charge in [0.1, 0.15) is 12.4 Å². The summed E-state index contributed by atoms with van der Waals surface area (Å²) in [5.74, 6) is 0.372. The van der Waals surface area contributed by atoms with Crippen LogP contribution in [0.4, 0.5) is 11.6 Å². The van der Waals surface area contributed by atoms with Gasteiger partial charge >= 0.3 is 5.69 Å². The van der Waals surface area contributed by atoms with Crippen molar-refractivity contribution in [1.82, 2.24) is 9.97 Å². The van der Waals surface area contributed by atoms with Gasteiger partial charge in [-0.1, -0.05) is 30.3 Å². The Morgan fingerprint density at radius 3 is 2.39 bits per heavy atom. The van der Waals surface area contributed by atoms with Crippen molar-refractivity contribution in [3.05, 3.63) is 58.4 Å². The number of nitro groups is 1. The number of rotatable bonds is 4. The molecular weight excluding hydrogens is 232 g/mol. The lowest BCUT2D eigenvalue weighted by Crippen LogP contribution is -2.09. The second-order valence-electron chi connectivity index (χ2n) is 3.80. The highest BCUT2D eigenvalue weighted by atomic mass is 16.6. The van der Waals surface area contributed by atoms with Crippen LogP contribution >= 0.6 is 0 Å². The standard InChI is InChI=1S/C12H12N4O2/c1-9(10-5-3-2-4-6-10)15-12-13-7-11(8-14-12)16(17)18/h2-9H,1H3,(H,13,14,15). The minimum atomic E-state index is -0.523. The van der Waals surface area contributed by atoms with E-state index in [2.05, 4.69) is 15.3 Å². The molecule has 1 aromatic carbocycles. The first-order chi connectivity index (χ1) is 8.66. The molecule has 0 spiro atoms. The molecule has 0 saturated heterocycles. The van der Waals surface area contributed by atoms with Crippen LogP contribution in [0.3, 0.4) is 0 Å². The van der Waals surface area contributed by atoms with E-state index in [1.54, 1.807) is 0 Å². The molecular formula is C12H12N4O2. The molecule has 0 bridgehead atoms. The molecule has 0 fully saturated rings. The van der Waals surface area contributed by atoms with Gasteiger partial charge in [0, 0.05) is 0 Å². The molecule has 0 saturated carbocycles. The van der Waals surface area contributed by atoms with Gasteiger partial charge in [0.2, 0.25) is 5.95 Å². The van der Waals surface area contributed by atoms with Crippen molar-refractivity contribution in [3.8, 4) is 0 Å². The van der Waals surface area contributed by atoms with Crippen LogP contribution in [0, 0.1) is 10.1 Å². The van der Waals surface area contributed by atoms with Crippen molar-refractivity contribution in [1.29, 1.82) is 0 Å². The second kappa shape index (κ2) is 5.22. The van der Waals surface area contributed by atoms with Crippen LogP contribution in [0.25, 0.3) is 0 Å². The Morgan fingerprint density at radius 2 is 1.83 bits per heavy atom. The Balaban J connectivity index is 2.08. The zero-order valence-corrected chi connectivity index (χ0v) is 9.78. The van der Waals surface area contributed by atoms with Crippen molar-refractivity contribution < 1.29 is 4.92 Å². The van der Waals surface area contributed by atoms with Crippen molar-refractivity contribution in [2.24, 2.45) is 0 Å². The van der Waals surface area contributed by atoms with Crippen LogP contribution in [-0.2, 0) is 0 Å². The molecule has 6 heteroatoms. The van der Waals surface area contributed by atoms with Crippen LogP contribution in [-0.4, -0.2) is 14.9 Å². The summed E-state index contributed by atoms with van der Waals surface area (Å²) < 4.78 is 0. The van der Waals surface area contributed by atoms with Gasteiger partial charge in [-0.05, 0) is 12.5 Å². The highest BCUT2D eigenvalue weighted by Gasteiger charge is 2.09. The third kappa shape index (κ3) is 2.79. The van der Waals surface area contributed by atoms with Crippen LogP contribution in [0.2, 0.25) is 0 Å². The lowest BCUT2D eigenvalue weighted by molar-refractivity contribution is -0.385. The molecule has 0 aliphatic heterocycles. The molecule has 1 N–H and O–H groups in total. The predicted octanol–water partition coefficient (Wildman–Crippen LogP) is 2.56. The maximum absolute atomic E-state index is 10.5. The molecule has 0 aliphatic carbocycles. The van der Waals surface area contributed by atoms with Gasteiger partial charge in [-0.3, -0.25) is 10.1 Å². The van der Waals surface area contributed by atoms with Gasteiger partial charge in [-0.2, -0.15) is 0 Å². The summed E-state index contributed by atoms with van der Waals surface area (Å²) in [6.07, 6.45) is 2.38. The van der Waals surface area contributed by atoms with Crippen molar-refractivity contribution in [3.63, 3.8) is 0 Å². The largest absolute Gasteiger partial charge is 0.348 e. The summed E-state index contributed by atoms with van der Waals surface area (Å²) in [6, 6.07) is 9.85. The molecule has 2 aromatic rings. The summed E-state index contributed by atoms with van der Waals surface area (Å²) in [6.45, 7) is 1.97. The predicted molar refractivity (Wildman–Crippen MR) is 67.2 cm³/mol. The van der Waals surface area contributed by atoms with E-state index >= 15 is 0 Å². The Kier molecular flexibility index (Phi) is 3.47. The summed E-state index contributed by atoms with van der Waals surface area (Å²) in [7, 11) is 0. The second-order valence-corrected chi connectivity index (χ2v) is 3.80. The van der Waals surface area contributed by atoms with Crippen molar-refractivity contribution in [2.45, 2.75) is 13.0 Å². The molecule has 92 valence electrons. The number of hydrogen-bond donors (Lipinski definition) is 1. The van der Waals surface area contributed by atoms with Crippen molar-refractivity contribution >= 4 is 11.6 Å². The van der Waals surface area contributed by atoms with Gasteiger partial charge < -0.3 is 5.32 Å². The molecule has 0 aliphatic rings. The third-order valence-corrected chi connectivity index (χ3v) is 2.49. The number of hydrogen-bond acceptors (Lipinski definition) is 5. The molecule has 1 atom stereocenters. The van der Waals surface area contributed by atoms with E-state index in [4.69, 9.17) is 0 Å². The minimum absolute atomic E-state index is 0.0349. The van der Waals surface area contributed by atoms with Crippen LogP contribution in [0.1, 0.15) is 18.5 Å². The van der Waals surface area contributed by atoms with E-state index in [0.717, 1.165) is 5.56 Å². The molecule has 2 rings (SSSR count). The fourth-order valence-electron chi connectivity index (χ4n) is 1.51. The number of benzene rings is 1. The molecule has 0 amide bonds. The quantitative estimate of drug-likeness (QED) is 0.660. The van der Waals surface area contributed by atoms with Crippen LogP contribution in [0.5, 0.6) is 0 Å². The fraction of sp³-hybridized carbons (Fsp3) is 0.167. The SMILES string of the molecule is CC(Nc1ncc([N+](=O)[O-])cn1)c1ccccc1. The highest BCUT2D eigenvalue weighted by molar-refractivity contribution is 5.34. The summed E-state index contributed by atoms with van der Waals surface area (Å²) in [4.78, 5) is 17.7. The molecule has 1 unspecified atom stereocenters. The van der Waals surface area contributed by atoms with E-state index in [1.807, 2.05) is 37.3 Å². The topological polar surface area (TPSA) is 81.0 Å². The highest BCUT2D eigenvalue weighted by Crippen LogP contribution is 2.16. The number of anilines is 1. The average Bonchev–Trinajstić information content (AvgIpc) is 2.40. The first kappa shape index (κ1) is 12.0. The maximum atomic E-state index is 10.5. The molecule has 1 heterocycles. The Hall–Kier alpha value is -2.50. The van der Waals surface area contributed by atoms with E-state index < -0.39 is 4.92 Å². The lowest BCUT2D eigenvalue weighted by atomic mass is 10.1. The molecule has 0 radical (unpaired) electrons. The van der Waals surface area contributed by atoms with E-state index in [0.29, 0.717) is 5.95 Å². The summed E-state index contributed by atoms with van der Waals surface area (Å²) in [5.41, 5.74) is 0.979. The van der Waals surface area contributed by atoms with E-state index in [-0.39, 0.29) is 11.7 Å². The Labute approximate surface area is 104 Å². The number of aromatic nitrogens is 2. The van der Waals surface area contributed by atoms with Gasteiger partial charge in [-0.25, -0.2) is 9.97 Å². The fourth-order valence-corrected chi connectivity index (χ4v) is 1.51. The first-order valence-electron chi connectivity index (χ1n) is 5.45. The molecule has 6 nitrogen and oxygen atoms in total. The molecule has 1 aromatic heterocycles. The smallest absolute Gasteiger partial charge is 0.305 e. The normalized spacial score (nSPS) is 11.8. The minimum Gasteiger partial charge on any atom is -0.348 e. The Morgan fingerprint density at radius 1 is 1.22 bits per heavy atom. The van der Waals surface area contributed by atoms with E-state index in [1.165, 1.54) is 12.4 Å². The number of nitrogens with one attached hydrogen (secondary N) is 1. The average molecular weight is 244 g/mol. The molecule has 18 heavy (non-hydrogen) atoms. The zero-order chi connectivity index (χ0) is 13.0. The van der Waals surface area contributed by atoms with E-state index in [9.17, 15) is 10.1 Å². The third-order valence-electron chi connectivity index (χ3n) is 2.49. The first-order valence-corrected chi connectivity index (χ1v) is 5.45. The van der Waals surface area contributed by atoms with Crippen LogP contribution < -0.4 is 5.32 Å². The zero-order valence-electron chi connectivity index (χ0n) is 9.78. The van der Waals surface area contributed by atoms with Gasteiger partial charge in [0.05, 0.1) is 11.0 Å². The summed E-state index contributed by atoms with van der Waals surface area (Å²) in [5, 5.41) is 13.5. The van der Waals surface area contributed by atoms with Gasteiger partial charge in [0.15, 0.2) is 0 Å². The Bertz CT molecular complexity index is 528. The maximum Gasteiger partial charge on any atom is 0.305 e.